The van der Waals surface area contributed by atoms with Gasteiger partial charge in [0.05, 0.1) is 5.69 Å². The first-order chi connectivity index (χ1) is 10.2. The summed E-state index contributed by atoms with van der Waals surface area (Å²) in [5.74, 6) is 0.110. The molecule has 1 aliphatic heterocycles. The van der Waals surface area contributed by atoms with Crippen molar-refractivity contribution in [2.75, 3.05) is 25.0 Å². The zero-order valence-electron chi connectivity index (χ0n) is 12.8. The first-order valence-corrected chi connectivity index (χ1v) is 8.44. The smallest absolute Gasteiger partial charge is 0.242 e. The molecule has 1 aromatic rings. The molecule has 1 aliphatic rings. The second-order valence-corrected chi connectivity index (χ2v) is 6.24. The molecular weight excluding hydrogens is 330 g/mol. The minimum Gasteiger partial charge on any atom is -0.359 e. The van der Waals surface area contributed by atoms with Crippen molar-refractivity contribution in [1.29, 1.82) is 0 Å². The summed E-state index contributed by atoms with van der Waals surface area (Å²) in [7, 11) is 1.71. The zero-order valence-corrected chi connectivity index (χ0v) is 14.4. The van der Waals surface area contributed by atoms with Crippen LogP contribution < -0.4 is 15.5 Å². The van der Waals surface area contributed by atoms with Crippen LogP contribution in [0.3, 0.4) is 0 Å². The van der Waals surface area contributed by atoms with Crippen molar-refractivity contribution in [3.8, 4) is 0 Å². The molecule has 0 aromatic heterocycles. The van der Waals surface area contributed by atoms with Gasteiger partial charge in [-0.05, 0) is 59.4 Å². The summed E-state index contributed by atoms with van der Waals surface area (Å²) in [5.41, 5.74) is 2.37. The van der Waals surface area contributed by atoms with Crippen molar-refractivity contribution in [1.82, 2.24) is 10.6 Å². The SMILES string of the molecule is CCNCc1ccc(N2CCCCC2C(=O)NC)c(Br)c1. The van der Waals surface area contributed by atoms with Crippen LogP contribution in [0.5, 0.6) is 0 Å². The van der Waals surface area contributed by atoms with E-state index >= 15 is 0 Å². The third kappa shape index (κ3) is 3.98. The summed E-state index contributed by atoms with van der Waals surface area (Å²) in [6.45, 7) is 4.87. The lowest BCUT2D eigenvalue weighted by molar-refractivity contribution is -0.122. The van der Waals surface area contributed by atoms with Gasteiger partial charge in [-0.25, -0.2) is 0 Å². The molecule has 1 amide bonds. The van der Waals surface area contributed by atoms with Crippen molar-refractivity contribution in [2.45, 2.75) is 38.8 Å². The molecule has 0 bridgehead atoms. The second-order valence-electron chi connectivity index (χ2n) is 5.39. The highest BCUT2D eigenvalue weighted by Gasteiger charge is 2.29. The maximum Gasteiger partial charge on any atom is 0.242 e. The Kier molecular flexibility index (Phi) is 6.06. The van der Waals surface area contributed by atoms with E-state index < -0.39 is 0 Å². The zero-order chi connectivity index (χ0) is 15.2. The molecule has 2 rings (SSSR count). The molecule has 1 aromatic carbocycles. The molecule has 1 saturated heterocycles. The number of likely N-dealkylation sites (N-methyl/N-ethyl adjacent to an activating group) is 1. The van der Waals surface area contributed by atoms with Crippen molar-refractivity contribution < 1.29 is 4.79 Å². The summed E-state index contributed by atoms with van der Waals surface area (Å²) in [4.78, 5) is 14.3. The normalized spacial score (nSPS) is 18.6. The van der Waals surface area contributed by atoms with Crippen LogP contribution in [0.25, 0.3) is 0 Å². The molecule has 0 aliphatic carbocycles. The largest absolute Gasteiger partial charge is 0.359 e. The Morgan fingerprint density at radius 3 is 2.90 bits per heavy atom. The van der Waals surface area contributed by atoms with Crippen molar-refractivity contribution in [3.63, 3.8) is 0 Å². The Balaban J connectivity index is 2.20. The topological polar surface area (TPSA) is 44.4 Å². The number of nitrogens with one attached hydrogen (secondary N) is 2. The number of halogens is 1. The predicted octanol–water partition coefficient (Wildman–Crippen LogP) is 2.66. The van der Waals surface area contributed by atoms with E-state index in [1.165, 1.54) is 5.56 Å². The monoisotopic (exact) mass is 353 g/mol. The van der Waals surface area contributed by atoms with Gasteiger partial charge in [-0.1, -0.05) is 13.0 Å². The summed E-state index contributed by atoms with van der Waals surface area (Å²) in [6, 6.07) is 6.35. The summed E-state index contributed by atoms with van der Waals surface area (Å²) in [6.07, 6.45) is 3.18. The lowest BCUT2D eigenvalue weighted by Gasteiger charge is -2.37. The van der Waals surface area contributed by atoms with Gasteiger partial charge in [0.2, 0.25) is 5.91 Å². The Morgan fingerprint density at radius 1 is 1.43 bits per heavy atom. The highest BCUT2D eigenvalue weighted by atomic mass is 79.9. The van der Waals surface area contributed by atoms with E-state index in [-0.39, 0.29) is 11.9 Å². The minimum absolute atomic E-state index is 0.0559. The van der Waals surface area contributed by atoms with Crippen LogP contribution in [0.15, 0.2) is 22.7 Å². The highest BCUT2D eigenvalue weighted by molar-refractivity contribution is 9.10. The Morgan fingerprint density at radius 2 is 2.24 bits per heavy atom. The fourth-order valence-electron chi connectivity index (χ4n) is 2.82. The average molecular weight is 354 g/mol. The Bertz CT molecular complexity index is 492. The van der Waals surface area contributed by atoms with Gasteiger partial charge in [0.1, 0.15) is 6.04 Å². The van der Waals surface area contributed by atoms with Gasteiger partial charge >= 0.3 is 0 Å². The molecule has 0 saturated carbocycles. The summed E-state index contributed by atoms with van der Waals surface area (Å²) >= 11 is 3.67. The van der Waals surface area contributed by atoms with Crippen LogP contribution in [0.2, 0.25) is 0 Å². The van der Waals surface area contributed by atoms with E-state index in [1.54, 1.807) is 7.05 Å². The van der Waals surface area contributed by atoms with Gasteiger partial charge in [-0.2, -0.15) is 0 Å². The van der Waals surface area contributed by atoms with E-state index in [0.717, 1.165) is 49.1 Å². The standard InChI is InChI=1S/C16H24BrN3O/c1-3-19-11-12-7-8-14(13(17)10-12)20-9-5-4-6-15(20)16(21)18-2/h7-8,10,15,19H,3-6,9,11H2,1-2H3,(H,18,21). The first kappa shape index (κ1) is 16.3. The van der Waals surface area contributed by atoms with E-state index in [2.05, 4.69) is 56.6 Å². The van der Waals surface area contributed by atoms with Gasteiger partial charge in [0, 0.05) is 24.6 Å². The van der Waals surface area contributed by atoms with Crippen LogP contribution in [-0.2, 0) is 11.3 Å². The maximum absolute atomic E-state index is 12.1. The fourth-order valence-corrected chi connectivity index (χ4v) is 3.48. The number of carbonyl (C=O) groups excluding carboxylic acids is 1. The number of nitrogens with zero attached hydrogens (tertiary/aromatic N) is 1. The van der Waals surface area contributed by atoms with Gasteiger partial charge in [0.25, 0.3) is 0 Å². The molecule has 2 N–H and O–H groups in total. The number of rotatable bonds is 5. The third-order valence-electron chi connectivity index (χ3n) is 3.95. The second kappa shape index (κ2) is 7.80. The first-order valence-electron chi connectivity index (χ1n) is 7.64. The number of hydrogen-bond acceptors (Lipinski definition) is 3. The number of benzene rings is 1. The average Bonchev–Trinajstić information content (AvgIpc) is 2.52. The number of hydrogen-bond donors (Lipinski definition) is 2. The van der Waals surface area contributed by atoms with E-state index in [9.17, 15) is 4.79 Å². The summed E-state index contributed by atoms with van der Waals surface area (Å²) < 4.78 is 1.06. The number of carbonyl (C=O) groups is 1. The lowest BCUT2D eigenvalue weighted by atomic mass is 10.00. The van der Waals surface area contributed by atoms with Crippen LogP contribution in [-0.4, -0.2) is 32.1 Å². The van der Waals surface area contributed by atoms with Crippen molar-refractivity contribution in [3.05, 3.63) is 28.2 Å². The molecule has 1 fully saturated rings. The molecule has 1 unspecified atom stereocenters. The molecular formula is C16H24BrN3O. The molecule has 21 heavy (non-hydrogen) atoms. The van der Waals surface area contributed by atoms with Crippen LogP contribution >= 0.6 is 15.9 Å². The number of amides is 1. The Labute approximate surface area is 135 Å². The van der Waals surface area contributed by atoms with E-state index in [4.69, 9.17) is 0 Å². The predicted molar refractivity (Wildman–Crippen MR) is 90.6 cm³/mol. The Hall–Kier alpha value is -1.07. The summed E-state index contributed by atoms with van der Waals surface area (Å²) in [5, 5.41) is 6.12. The van der Waals surface area contributed by atoms with Gasteiger partial charge in [0.15, 0.2) is 0 Å². The van der Waals surface area contributed by atoms with Gasteiger partial charge in [-0.3, -0.25) is 4.79 Å². The van der Waals surface area contributed by atoms with Crippen molar-refractivity contribution >= 4 is 27.5 Å². The van der Waals surface area contributed by atoms with Gasteiger partial charge < -0.3 is 15.5 Å². The number of anilines is 1. The molecule has 116 valence electrons. The van der Waals surface area contributed by atoms with Gasteiger partial charge in [-0.15, -0.1) is 0 Å². The van der Waals surface area contributed by atoms with E-state index in [1.807, 2.05) is 0 Å². The molecule has 0 radical (unpaired) electrons. The minimum atomic E-state index is -0.0559. The van der Waals surface area contributed by atoms with E-state index in [0.29, 0.717) is 0 Å². The fraction of sp³-hybridized carbons (Fsp3) is 0.562. The van der Waals surface area contributed by atoms with Crippen LogP contribution in [0, 0.1) is 0 Å². The molecule has 5 heteroatoms. The van der Waals surface area contributed by atoms with Crippen LogP contribution in [0.1, 0.15) is 31.7 Å². The lowest BCUT2D eigenvalue weighted by Crippen LogP contribution is -2.49. The molecule has 1 heterocycles. The maximum atomic E-state index is 12.1. The highest BCUT2D eigenvalue weighted by Crippen LogP contribution is 2.32. The molecule has 1 atom stereocenters. The quantitative estimate of drug-likeness (QED) is 0.855. The number of piperidine rings is 1. The molecule has 4 nitrogen and oxygen atoms in total. The van der Waals surface area contributed by atoms with Crippen LogP contribution in [0.4, 0.5) is 5.69 Å². The van der Waals surface area contributed by atoms with Crippen molar-refractivity contribution in [2.24, 2.45) is 0 Å². The molecule has 0 spiro atoms. The third-order valence-corrected chi connectivity index (χ3v) is 4.59.